The summed E-state index contributed by atoms with van der Waals surface area (Å²) in [5.41, 5.74) is 0.526. The highest BCUT2D eigenvalue weighted by Crippen LogP contribution is 2.39. The lowest BCUT2D eigenvalue weighted by molar-refractivity contribution is 0.0258. The highest BCUT2D eigenvalue weighted by molar-refractivity contribution is 4.93. The summed E-state index contributed by atoms with van der Waals surface area (Å²) < 4.78 is 0. The van der Waals surface area contributed by atoms with E-state index in [1.54, 1.807) is 0 Å². The fourth-order valence-electron chi connectivity index (χ4n) is 4.05. The third-order valence-electron chi connectivity index (χ3n) is 4.91. The fourth-order valence-corrected chi connectivity index (χ4v) is 4.05. The Morgan fingerprint density at radius 2 is 1.89 bits per heavy atom. The molecule has 2 fully saturated rings. The summed E-state index contributed by atoms with van der Waals surface area (Å²) in [5, 5.41) is 3.74. The van der Waals surface area contributed by atoms with Gasteiger partial charge in [-0.2, -0.15) is 0 Å². The standard InChI is InChI=1S/C16H32N2/c1-13(2)17-14-8-7-11-18(12-14)15-9-5-6-10-16(15,3)4/h13-15,17H,5-12H2,1-4H3. The van der Waals surface area contributed by atoms with E-state index in [0.29, 0.717) is 11.5 Å². The smallest absolute Gasteiger partial charge is 0.0197 e. The third-order valence-corrected chi connectivity index (χ3v) is 4.91. The first-order valence-electron chi connectivity index (χ1n) is 7.99. The molecule has 2 aliphatic rings. The monoisotopic (exact) mass is 252 g/mol. The average molecular weight is 252 g/mol. The average Bonchev–Trinajstić information content (AvgIpc) is 2.27. The van der Waals surface area contributed by atoms with Crippen LogP contribution in [0.3, 0.4) is 0 Å². The van der Waals surface area contributed by atoms with Crippen LogP contribution in [0.5, 0.6) is 0 Å². The van der Waals surface area contributed by atoms with E-state index in [0.717, 1.165) is 12.1 Å². The van der Waals surface area contributed by atoms with Gasteiger partial charge in [-0.25, -0.2) is 0 Å². The second-order valence-corrected chi connectivity index (χ2v) is 7.41. The van der Waals surface area contributed by atoms with Crippen molar-refractivity contribution in [3.05, 3.63) is 0 Å². The number of piperidine rings is 1. The molecule has 2 heteroatoms. The molecule has 0 bridgehead atoms. The summed E-state index contributed by atoms with van der Waals surface area (Å²) in [6.07, 6.45) is 8.44. The molecule has 0 amide bonds. The Morgan fingerprint density at radius 1 is 1.11 bits per heavy atom. The second-order valence-electron chi connectivity index (χ2n) is 7.41. The van der Waals surface area contributed by atoms with Crippen molar-refractivity contribution in [3.63, 3.8) is 0 Å². The van der Waals surface area contributed by atoms with Crippen molar-refractivity contribution in [2.75, 3.05) is 13.1 Å². The largest absolute Gasteiger partial charge is 0.311 e. The zero-order valence-corrected chi connectivity index (χ0v) is 12.8. The summed E-state index contributed by atoms with van der Waals surface area (Å²) in [5.74, 6) is 0. The van der Waals surface area contributed by atoms with Crippen molar-refractivity contribution in [2.24, 2.45) is 5.41 Å². The van der Waals surface area contributed by atoms with E-state index in [-0.39, 0.29) is 0 Å². The van der Waals surface area contributed by atoms with Crippen molar-refractivity contribution in [2.45, 2.75) is 84.3 Å². The van der Waals surface area contributed by atoms with Gasteiger partial charge in [0.15, 0.2) is 0 Å². The Morgan fingerprint density at radius 3 is 2.56 bits per heavy atom. The first-order chi connectivity index (χ1) is 8.49. The SMILES string of the molecule is CC(C)NC1CCCN(C2CCCCC2(C)C)C1. The number of hydrogen-bond donors (Lipinski definition) is 1. The first-order valence-corrected chi connectivity index (χ1v) is 7.99. The van der Waals surface area contributed by atoms with Crippen LogP contribution in [0, 0.1) is 5.41 Å². The Kier molecular flexibility index (Phi) is 4.71. The molecule has 0 aromatic rings. The van der Waals surface area contributed by atoms with Gasteiger partial charge in [0.2, 0.25) is 0 Å². The van der Waals surface area contributed by atoms with Gasteiger partial charge in [0, 0.05) is 24.7 Å². The highest BCUT2D eigenvalue weighted by Gasteiger charge is 2.37. The molecule has 0 aromatic carbocycles. The molecular formula is C16H32N2. The molecule has 1 N–H and O–H groups in total. The second kappa shape index (κ2) is 5.92. The van der Waals surface area contributed by atoms with Crippen LogP contribution in [0.4, 0.5) is 0 Å². The molecule has 2 nitrogen and oxygen atoms in total. The molecule has 1 aliphatic heterocycles. The molecule has 0 spiro atoms. The molecule has 1 heterocycles. The molecule has 2 atom stereocenters. The zero-order chi connectivity index (χ0) is 13.2. The van der Waals surface area contributed by atoms with Crippen LogP contribution >= 0.6 is 0 Å². The van der Waals surface area contributed by atoms with Crippen LogP contribution in [-0.4, -0.2) is 36.1 Å². The van der Waals surface area contributed by atoms with Crippen molar-refractivity contribution in [1.29, 1.82) is 0 Å². The predicted molar refractivity (Wildman–Crippen MR) is 78.9 cm³/mol. The Balaban J connectivity index is 1.95. The van der Waals surface area contributed by atoms with Gasteiger partial charge < -0.3 is 5.32 Å². The summed E-state index contributed by atoms with van der Waals surface area (Å²) in [4.78, 5) is 2.79. The lowest BCUT2D eigenvalue weighted by atomic mass is 9.72. The number of hydrogen-bond acceptors (Lipinski definition) is 2. The normalized spacial score (nSPS) is 33.8. The topological polar surface area (TPSA) is 15.3 Å². The molecule has 106 valence electrons. The van der Waals surface area contributed by atoms with Crippen LogP contribution in [0.15, 0.2) is 0 Å². The minimum atomic E-state index is 0.526. The zero-order valence-electron chi connectivity index (χ0n) is 12.8. The summed E-state index contributed by atoms with van der Waals surface area (Å²) in [7, 11) is 0. The quantitative estimate of drug-likeness (QED) is 0.828. The Bertz CT molecular complexity index is 260. The molecule has 1 aliphatic carbocycles. The van der Waals surface area contributed by atoms with E-state index in [1.807, 2.05) is 0 Å². The minimum Gasteiger partial charge on any atom is -0.311 e. The molecule has 2 unspecified atom stereocenters. The van der Waals surface area contributed by atoms with E-state index in [4.69, 9.17) is 0 Å². The summed E-state index contributed by atoms with van der Waals surface area (Å²) >= 11 is 0. The van der Waals surface area contributed by atoms with E-state index in [2.05, 4.69) is 37.9 Å². The van der Waals surface area contributed by atoms with Crippen molar-refractivity contribution < 1.29 is 0 Å². The maximum atomic E-state index is 3.74. The van der Waals surface area contributed by atoms with E-state index < -0.39 is 0 Å². The molecule has 0 aromatic heterocycles. The number of nitrogens with one attached hydrogen (secondary N) is 1. The van der Waals surface area contributed by atoms with Crippen LogP contribution in [0.2, 0.25) is 0 Å². The molecule has 18 heavy (non-hydrogen) atoms. The Hall–Kier alpha value is -0.0800. The molecule has 0 radical (unpaired) electrons. The van der Waals surface area contributed by atoms with E-state index in [9.17, 15) is 0 Å². The maximum Gasteiger partial charge on any atom is 0.0197 e. The fraction of sp³-hybridized carbons (Fsp3) is 1.00. The van der Waals surface area contributed by atoms with Crippen LogP contribution in [0.1, 0.15) is 66.2 Å². The van der Waals surface area contributed by atoms with Crippen LogP contribution in [0.25, 0.3) is 0 Å². The van der Waals surface area contributed by atoms with Gasteiger partial charge in [0.25, 0.3) is 0 Å². The summed E-state index contributed by atoms with van der Waals surface area (Å²) in [6, 6.07) is 2.16. The van der Waals surface area contributed by atoms with Gasteiger partial charge in [-0.3, -0.25) is 4.90 Å². The van der Waals surface area contributed by atoms with E-state index in [1.165, 1.54) is 51.6 Å². The third kappa shape index (κ3) is 3.48. The number of nitrogens with zero attached hydrogens (tertiary/aromatic N) is 1. The number of likely N-dealkylation sites (tertiary alicyclic amines) is 1. The van der Waals surface area contributed by atoms with Gasteiger partial charge in [0.05, 0.1) is 0 Å². The maximum absolute atomic E-state index is 3.74. The van der Waals surface area contributed by atoms with Crippen molar-refractivity contribution in [3.8, 4) is 0 Å². The van der Waals surface area contributed by atoms with Crippen molar-refractivity contribution in [1.82, 2.24) is 10.2 Å². The predicted octanol–water partition coefficient (Wildman–Crippen LogP) is 3.42. The molecule has 1 saturated carbocycles. The minimum absolute atomic E-state index is 0.526. The van der Waals surface area contributed by atoms with Gasteiger partial charge in [-0.15, -0.1) is 0 Å². The molecular weight excluding hydrogens is 220 g/mol. The van der Waals surface area contributed by atoms with Crippen LogP contribution < -0.4 is 5.32 Å². The highest BCUT2D eigenvalue weighted by atomic mass is 15.2. The lowest BCUT2D eigenvalue weighted by Crippen LogP contribution is -2.55. The number of rotatable bonds is 3. The van der Waals surface area contributed by atoms with Gasteiger partial charge in [0.1, 0.15) is 0 Å². The first kappa shape index (κ1) is 14.3. The Labute approximate surface area is 114 Å². The molecule has 2 rings (SSSR count). The van der Waals surface area contributed by atoms with Crippen LogP contribution in [-0.2, 0) is 0 Å². The lowest BCUT2D eigenvalue weighted by Gasteiger charge is -2.48. The molecule has 1 saturated heterocycles. The van der Waals surface area contributed by atoms with E-state index >= 15 is 0 Å². The van der Waals surface area contributed by atoms with Gasteiger partial charge in [-0.1, -0.05) is 40.5 Å². The summed E-state index contributed by atoms with van der Waals surface area (Å²) in [6.45, 7) is 12.1. The van der Waals surface area contributed by atoms with Gasteiger partial charge >= 0.3 is 0 Å². The van der Waals surface area contributed by atoms with Crippen molar-refractivity contribution >= 4 is 0 Å². The van der Waals surface area contributed by atoms with Gasteiger partial charge in [-0.05, 0) is 37.6 Å².